The van der Waals surface area contributed by atoms with Gasteiger partial charge in [0, 0.05) is 11.3 Å². The Balaban J connectivity index is 1.77. The molecule has 0 bridgehead atoms. The summed E-state index contributed by atoms with van der Waals surface area (Å²) in [6, 6.07) is 11.3. The summed E-state index contributed by atoms with van der Waals surface area (Å²) in [5.41, 5.74) is 12.0. The van der Waals surface area contributed by atoms with Crippen LogP contribution in [0.25, 0.3) is 16.3 Å². The summed E-state index contributed by atoms with van der Waals surface area (Å²) in [6.45, 7) is 16.1. The molecule has 0 heterocycles. The van der Waals surface area contributed by atoms with Crippen LogP contribution in [0.4, 0.5) is 0 Å². The second-order valence-corrected chi connectivity index (χ2v) is 9.02. The van der Waals surface area contributed by atoms with Crippen molar-refractivity contribution in [1.29, 1.82) is 0 Å². The van der Waals surface area contributed by atoms with Crippen molar-refractivity contribution < 1.29 is 0 Å². The summed E-state index contributed by atoms with van der Waals surface area (Å²) in [7, 11) is 0. The SMILES string of the molecule is C=C1C2=C(C=C3c4cc5ccccc5c(CC)c4CC13)[C@@](C)(CC)C(=C)CC2. The van der Waals surface area contributed by atoms with Gasteiger partial charge in [-0.05, 0) is 87.9 Å². The molecule has 0 aromatic heterocycles. The number of allylic oxidation sites excluding steroid dienone is 6. The van der Waals surface area contributed by atoms with Crippen LogP contribution in [0.3, 0.4) is 0 Å². The first-order valence-electron chi connectivity index (χ1n) is 10.9. The van der Waals surface area contributed by atoms with Crippen LogP contribution in [-0.4, -0.2) is 0 Å². The second-order valence-electron chi connectivity index (χ2n) is 9.02. The predicted octanol–water partition coefficient (Wildman–Crippen LogP) is 7.59. The van der Waals surface area contributed by atoms with Gasteiger partial charge in [0.15, 0.2) is 0 Å². The average molecular weight is 367 g/mol. The van der Waals surface area contributed by atoms with Gasteiger partial charge in [0.05, 0.1) is 0 Å². The molecule has 142 valence electrons. The molecule has 0 spiro atoms. The Morgan fingerprint density at radius 2 is 1.89 bits per heavy atom. The molecule has 28 heavy (non-hydrogen) atoms. The van der Waals surface area contributed by atoms with Gasteiger partial charge in [-0.1, -0.05) is 69.8 Å². The van der Waals surface area contributed by atoms with E-state index in [1.54, 1.807) is 5.56 Å². The minimum atomic E-state index is 0.0850. The van der Waals surface area contributed by atoms with Crippen molar-refractivity contribution in [2.45, 2.75) is 52.9 Å². The number of hydrogen-bond donors (Lipinski definition) is 0. The van der Waals surface area contributed by atoms with Crippen LogP contribution < -0.4 is 0 Å². The van der Waals surface area contributed by atoms with Gasteiger partial charge in [0.2, 0.25) is 0 Å². The van der Waals surface area contributed by atoms with Crippen LogP contribution >= 0.6 is 0 Å². The lowest BCUT2D eigenvalue weighted by Gasteiger charge is -2.42. The molecule has 2 atom stereocenters. The highest BCUT2D eigenvalue weighted by atomic mass is 14.5. The van der Waals surface area contributed by atoms with E-state index in [-0.39, 0.29) is 5.41 Å². The monoisotopic (exact) mass is 366 g/mol. The van der Waals surface area contributed by atoms with Gasteiger partial charge in [-0.15, -0.1) is 0 Å². The minimum Gasteiger partial charge on any atom is -0.0990 e. The molecular formula is C28H30. The third-order valence-corrected chi connectivity index (χ3v) is 7.92. The second kappa shape index (κ2) is 6.08. The first kappa shape index (κ1) is 17.7. The summed E-state index contributed by atoms with van der Waals surface area (Å²) in [5.74, 6) is 0.461. The van der Waals surface area contributed by atoms with E-state index >= 15 is 0 Å². The lowest BCUT2D eigenvalue weighted by Crippen LogP contribution is -2.28. The van der Waals surface area contributed by atoms with Crippen molar-refractivity contribution in [2.75, 3.05) is 0 Å². The van der Waals surface area contributed by atoms with E-state index in [1.165, 1.54) is 49.8 Å². The Hall–Kier alpha value is -2.34. The fourth-order valence-corrected chi connectivity index (χ4v) is 5.95. The zero-order chi connectivity index (χ0) is 19.6. The third kappa shape index (κ3) is 2.18. The zero-order valence-corrected chi connectivity index (χ0v) is 17.5. The van der Waals surface area contributed by atoms with Crippen LogP contribution in [0, 0.1) is 11.3 Å². The smallest absolute Gasteiger partial charge is 0.0133 e. The molecule has 3 aliphatic rings. The van der Waals surface area contributed by atoms with Crippen LogP contribution in [0.1, 0.15) is 56.7 Å². The molecule has 0 radical (unpaired) electrons. The fraction of sp³-hybridized carbons (Fsp3) is 0.357. The molecule has 1 unspecified atom stereocenters. The number of rotatable bonds is 2. The quantitative estimate of drug-likeness (QED) is 0.480. The highest BCUT2D eigenvalue weighted by Gasteiger charge is 2.42. The van der Waals surface area contributed by atoms with Gasteiger partial charge in [-0.25, -0.2) is 0 Å². The molecule has 0 N–H and O–H groups in total. The normalized spacial score (nSPS) is 26.2. The Kier molecular flexibility index (Phi) is 3.85. The highest BCUT2D eigenvalue weighted by molar-refractivity contribution is 5.95. The first-order valence-corrected chi connectivity index (χ1v) is 10.9. The molecule has 2 aromatic rings. The van der Waals surface area contributed by atoms with Gasteiger partial charge in [-0.2, -0.15) is 0 Å². The third-order valence-electron chi connectivity index (χ3n) is 7.92. The van der Waals surface area contributed by atoms with E-state index in [2.05, 4.69) is 70.3 Å². The number of fused-ring (bicyclic) bond motifs is 4. The van der Waals surface area contributed by atoms with Crippen molar-refractivity contribution in [1.82, 2.24) is 0 Å². The molecular weight excluding hydrogens is 336 g/mol. The van der Waals surface area contributed by atoms with Crippen molar-refractivity contribution in [3.63, 3.8) is 0 Å². The fourth-order valence-electron chi connectivity index (χ4n) is 5.95. The minimum absolute atomic E-state index is 0.0850. The molecule has 0 nitrogen and oxygen atoms in total. The number of aryl methyl sites for hydroxylation is 1. The Bertz CT molecular complexity index is 1100. The van der Waals surface area contributed by atoms with Crippen LogP contribution in [0.15, 0.2) is 71.9 Å². The van der Waals surface area contributed by atoms with Gasteiger partial charge in [0.1, 0.15) is 0 Å². The maximum absolute atomic E-state index is 4.65. The van der Waals surface area contributed by atoms with E-state index in [0.29, 0.717) is 5.92 Å². The topological polar surface area (TPSA) is 0 Å². The van der Waals surface area contributed by atoms with Crippen LogP contribution in [0.5, 0.6) is 0 Å². The maximum Gasteiger partial charge on any atom is 0.0133 e. The Morgan fingerprint density at radius 3 is 2.64 bits per heavy atom. The van der Waals surface area contributed by atoms with Gasteiger partial charge < -0.3 is 0 Å². The summed E-state index contributed by atoms with van der Waals surface area (Å²) in [4.78, 5) is 0. The summed E-state index contributed by atoms with van der Waals surface area (Å²) in [5, 5.41) is 2.80. The molecule has 0 heteroatoms. The van der Waals surface area contributed by atoms with E-state index < -0.39 is 0 Å². The zero-order valence-electron chi connectivity index (χ0n) is 17.5. The van der Waals surface area contributed by atoms with E-state index in [9.17, 15) is 0 Å². The van der Waals surface area contributed by atoms with Crippen molar-refractivity contribution in [3.05, 3.63) is 88.5 Å². The standard InChI is InChI=1S/C28H30/c1-6-20-22-11-9-8-10-19(22)14-24-25(20)15-23-18(4)21-13-12-17(3)28(5,7-2)27(21)16-26(23)24/h8-11,14,16,23H,3-4,6-7,12-13,15H2,1-2,5H3/t23?,28-/m0/s1. The molecule has 5 rings (SSSR count). The first-order chi connectivity index (χ1) is 13.5. The van der Waals surface area contributed by atoms with Gasteiger partial charge in [-0.3, -0.25) is 0 Å². The van der Waals surface area contributed by atoms with E-state index in [4.69, 9.17) is 0 Å². The molecule has 0 saturated heterocycles. The maximum atomic E-state index is 4.65. The lowest BCUT2D eigenvalue weighted by atomic mass is 9.62. The molecule has 0 aliphatic heterocycles. The Morgan fingerprint density at radius 1 is 1.11 bits per heavy atom. The van der Waals surface area contributed by atoms with E-state index in [1.807, 2.05) is 0 Å². The van der Waals surface area contributed by atoms with Crippen LogP contribution in [-0.2, 0) is 12.8 Å². The van der Waals surface area contributed by atoms with Crippen molar-refractivity contribution >= 4 is 16.3 Å². The Labute approximate surface area is 169 Å². The molecule has 0 amide bonds. The number of benzene rings is 2. The van der Waals surface area contributed by atoms with Crippen molar-refractivity contribution in [2.24, 2.45) is 11.3 Å². The largest absolute Gasteiger partial charge is 0.0990 e. The average Bonchev–Trinajstić information content (AvgIpc) is 3.08. The lowest BCUT2D eigenvalue weighted by molar-refractivity contribution is 0.430. The summed E-state index contributed by atoms with van der Waals surface area (Å²) in [6.07, 6.45) is 8.08. The number of hydrogen-bond acceptors (Lipinski definition) is 0. The summed E-state index contributed by atoms with van der Waals surface area (Å²) < 4.78 is 0. The molecule has 2 aromatic carbocycles. The van der Waals surface area contributed by atoms with Gasteiger partial charge >= 0.3 is 0 Å². The van der Waals surface area contributed by atoms with E-state index in [0.717, 1.165) is 32.1 Å². The van der Waals surface area contributed by atoms with Crippen LogP contribution in [0.2, 0.25) is 0 Å². The van der Waals surface area contributed by atoms with Crippen molar-refractivity contribution in [3.8, 4) is 0 Å². The molecule has 3 aliphatic carbocycles. The van der Waals surface area contributed by atoms with Gasteiger partial charge in [0.25, 0.3) is 0 Å². The molecule has 0 fully saturated rings. The molecule has 0 saturated carbocycles. The highest BCUT2D eigenvalue weighted by Crippen LogP contribution is 2.56. The predicted molar refractivity (Wildman–Crippen MR) is 121 cm³/mol. The summed E-state index contributed by atoms with van der Waals surface area (Å²) >= 11 is 0.